The zero-order chi connectivity index (χ0) is 13.0. The second-order valence-corrected chi connectivity index (χ2v) is 4.46. The molecule has 0 spiro atoms. The summed E-state index contributed by atoms with van der Waals surface area (Å²) in [6.07, 6.45) is 0.670. The average Bonchev–Trinajstić information content (AvgIpc) is 2.35. The molecular formula is C13H9Cl2NO2. The van der Waals surface area contributed by atoms with Crippen molar-refractivity contribution in [3.8, 4) is 5.88 Å². The number of aromatic nitrogens is 1. The molecular weight excluding hydrogens is 273 g/mol. The molecule has 0 aliphatic rings. The Labute approximate surface area is 114 Å². The lowest BCUT2D eigenvalue weighted by Crippen LogP contribution is -1.98. The van der Waals surface area contributed by atoms with E-state index in [4.69, 9.17) is 27.9 Å². The van der Waals surface area contributed by atoms with Crippen LogP contribution >= 0.6 is 23.2 Å². The zero-order valence-corrected chi connectivity index (χ0v) is 10.8. The third kappa shape index (κ3) is 3.45. The van der Waals surface area contributed by atoms with Crippen LogP contribution in [0.2, 0.25) is 10.0 Å². The summed E-state index contributed by atoms with van der Waals surface area (Å²) in [6, 6.07) is 10.2. The smallest absolute Gasteiger partial charge is 0.214 e. The molecule has 3 nitrogen and oxygen atoms in total. The van der Waals surface area contributed by atoms with E-state index in [1.54, 1.807) is 36.4 Å². The Morgan fingerprint density at radius 1 is 1.17 bits per heavy atom. The van der Waals surface area contributed by atoms with Gasteiger partial charge in [-0.05, 0) is 29.8 Å². The van der Waals surface area contributed by atoms with Gasteiger partial charge in [-0.25, -0.2) is 4.98 Å². The number of hydrogen-bond donors (Lipinski definition) is 0. The fourth-order valence-corrected chi connectivity index (χ4v) is 2.00. The highest BCUT2D eigenvalue weighted by Crippen LogP contribution is 2.20. The molecule has 0 aliphatic carbocycles. The molecule has 0 atom stereocenters. The number of carbonyl (C=O) groups excluding carboxylic acids is 1. The summed E-state index contributed by atoms with van der Waals surface area (Å²) in [6.45, 7) is 0.287. The van der Waals surface area contributed by atoms with Gasteiger partial charge in [0.1, 0.15) is 12.3 Å². The van der Waals surface area contributed by atoms with E-state index in [0.29, 0.717) is 27.9 Å². The van der Waals surface area contributed by atoms with Gasteiger partial charge in [0.05, 0.1) is 0 Å². The molecule has 0 N–H and O–H groups in total. The van der Waals surface area contributed by atoms with Crippen molar-refractivity contribution in [1.29, 1.82) is 0 Å². The molecule has 0 fully saturated rings. The van der Waals surface area contributed by atoms with E-state index in [9.17, 15) is 4.79 Å². The molecule has 1 aromatic heterocycles. The maximum absolute atomic E-state index is 10.6. The first kappa shape index (κ1) is 12.9. The van der Waals surface area contributed by atoms with Crippen molar-refractivity contribution in [2.75, 3.05) is 0 Å². The van der Waals surface area contributed by atoms with Crippen LogP contribution in [-0.2, 0) is 6.61 Å². The van der Waals surface area contributed by atoms with Gasteiger partial charge < -0.3 is 4.74 Å². The Morgan fingerprint density at radius 2 is 1.89 bits per heavy atom. The summed E-state index contributed by atoms with van der Waals surface area (Å²) in [4.78, 5) is 14.6. The molecule has 1 aromatic carbocycles. The normalized spacial score (nSPS) is 10.1. The minimum atomic E-state index is 0.287. The number of rotatable bonds is 4. The van der Waals surface area contributed by atoms with Crippen LogP contribution in [0.25, 0.3) is 0 Å². The van der Waals surface area contributed by atoms with E-state index < -0.39 is 0 Å². The molecule has 1 heterocycles. The Morgan fingerprint density at radius 3 is 2.56 bits per heavy atom. The number of pyridine rings is 1. The lowest BCUT2D eigenvalue weighted by Gasteiger charge is -2.06. The quantitative estimate of drug-likeness (QED) is 0.801. The van der Waals surface area contributed by atoms with Crippen LogP contribution in [0, 0.1) is 0 Å². The van der Waals surface area contributed by atoms with Crippen molar-refractivity contribution in [3.63, 3.8) is 0 Å². The number of halogens is 2. The molecule has 2 rings (SSSR count). The van der Waals surface area contributed by atoms with Crippen LogP contribution in [0.3, 0.4) is 0 Å². The molecule has 0 radical (unpaired) electrons. The van der Waals surface area contributed by atoms with Gasteiger partial charge in [0.15, 0.2) is 6.29 Å². The third-order valence-corrected chi connectivity index (χ3v) is 2.61. The number of benzene rings is 1. The third-order valence-electron chi connectivity index (χ3n) is 2.17. The number of aldehydes is 1. The molecule has 0 aliphatic heterocycles. The van der Waals surface area contributed by atoms with Gasteiger partial charge in [-0.1, -0.05) is 29.3 Å². The van der Waals surface area contributed by atoms with Gasteiger partial charge in [-0.3, -0.25) is 4.79 Å². The summed E-state index contributed by atoms with van der Waals surface area (Å²) in [5, 5.41) is 1.10. The van der Waals surface area contributed by atoms with Crippen molar-refractivity contribution in [2.45, 2.75) is 6.61 Å². The Hall–Kier alpha value is -1.58. The van der Waals surface area contributed by atoms with E-state index in [0.717, 1.165) is 5.56 Å². The predicted molar refractivity (Wildman–Crippen MR) is 70.4 cm³/mol. The molecule has 0 unspecified atom stereocenters. The molecule has 5 heteroatoms. The van der Waals surface area contributed by atoms with Crippen molar-refractivity contribution >= 4 is 29.5 Å². The number of carbonyl (C=O) groups is 1. The number of hydrogen-bond acceptors (Lipinski definition) is 3. The summed E-state index contributed by atoms with van der Waals surface area (Å²) in [7, 11) is 0. The first-order valence-electron chi connectivity index (χ1n) is 5.17. The monoisotopic (exact) mass is 281 g/mol. The minimum Gasteiger partial charge on any atom is -0.473 e. The van der Waals surface area contributed by atoms with Gasteiger partial charge in [-0.2, -0.15) is 0 Å². The standard InChI is InChI=1S/C13H9Cl2NO2/c14-10-4-9(5-11(15)6-10)8-18-13-3-1-2-12(7-17)16-13/h1-7H,8H2. The molecule has 0 saturated heterocycles. The van der Waals surface area contributed by atoms with Crippen molar-refractivity contribution in [1.82, 2.24) is 4.98 Å². The van der Waals surface area contributed by atoms with Crippen LogP contribution in [0.5, 0.6) is 5.88 Å². The molecule has 92 valence electrons. The molecule has 0 saturated carbocycles. The summed E-state index contributed by atoms with van der Waals surface area (Å²) >= 11 is 11.8. The van der Waals surface area contributed by atoms with Crippen molar-refractivity contribution in [2.24, 2.45) is 0 Å². The van der Waals surface area contributed by atoms with Crippen molar-refractivity contribution < 1.29 is 9.53 Å². The average molecular weight is 282 g/mol. The lowest BCUT2D eigenvalue weighted by atomic mass is 10.2. The Kier molecular flexibility index (Phi) is 4.18. The summed E-state index contributed by atoms with van der Waals surface area (Å²) in [5.74, 6) is 0.385. The fourth-order valence-electron chi connectivity index (χ4n) is 1.43. The van der Waals surface area contributed by atoms with Crippen molar-refractivity contribution in [3.05, 3.63) is 57.7 Å². The zero-order valence-electron chi connectivity index (χ0n) is 9.27. The minimum absolute atomic E-state index is 0.287. The topological polar surface area (TPSA) is 39.2 Å². The first-order valence-corrected chi connectivity index (χ1v) is 5.93. The highest BCUT2D eigenvalue weighted by molar-refractivity contribution is 6.34. The second-order valence-electron chi connectivity index (χ2n) is 3.58. The first-order chi connectivity index (χ1) is 8.67. The van der Waals surface area contributed by atoms with Crippen LogP contribution in [0.15, 0.2) is 36.4 Å². The van der Waals surface area contributed by atoms with E-state index >= 15 is 0 Å². The van der Waals surface area contributed by atoms with Crippen LogP contribution < -0.4 is 4.74 Å². The maximum Gasteiger partial charge on any atom is 0.214 e. The number of ether oxygens (including phenoxy) is 1. The van der Waals surface area contributed by atoms with Gasteiger partial charge in [0, 0.05) is 16.1 Å². The van der Waals surface area contributed by atoms with E-state index in [2.05, 4.69) is 4.98 Å². The SMILES string of the molecule is O=Cc1cccc(OCc2cc(Cl)cc(Cl)c2)n1. The summed E-state index contributed by atoms with van der Waals surface area (Å²) in [5.41, 5.74) is 1.17. The van der Waals surface area contributed by atoms with E-state index in [-0.39, 0.29) is 6.61 Å². The number of nitrogens with zero attached hydrogens (tertiary/aromatic N) is 1. The van der Waals surface area contributed by atoms with Gasteiger partial charge in [0.2, 0.25) is 5.88 Å². The Bertz CT molecular complexity index is 552. The Balaban J connectivity index is 2.08. The molecule has 2 aromatic rings. The van der Waals surface area contributed by atoms with Crippen LogP contribution in [0.4, 0.5) is 0 Å². The van der Waals surface area contributed by atoms with Gasteiger partial charge >= 0.3 is 0 Å². The highest BCUT2D eigenvalue weighted by atomic mass is 35.5. The fraction of sp³-hybridized carbons (Fsp3) is 0.0769. The predicted octanol–water partition coefficient (Wildman–Crippen LogP) is 3.78. The van der Waals surface area contributed by atoms with Gasteiger partial charge in [0.25, 0.3) is 0 Å². The second kappa shape index (κ2) is 5.85. The van der Waals surface area contributed by atoms with E-state index in [1.807, 2.05) is 0 Å². The van der Waals surface area contributed by atoms with Crippen LogP contribution in [0.1, 0.15) is 16.1 Å². The largest absolute Gasteiger partial charge is 0.473 e. The maximum atomic E-state index is 10.6. The van der Waals surface area contributed by atoms with E-state index in [1.165, 1.54) is 0 Å². The molecule has 0 bridgehead atoms. The summed E-state index contributed by atoms with van der Waals surface area (Å²) < 4.78 is 5.46. The molecule has 18 heavy (non-hydrogen) atoms. The van der Waals surface area contributed by atoms with Gasteiger partial charge in [-0.15, -0.1) is 0 Å². The highest BCUT2D eigenvalue weighted by Gasteiger charge is 2.01. The lowest BCUT2D eigenvalue weighted by molar-refractivity contribution is 0.111. The molecule has 0 amide bonds. The van der Waals surface area contributed by atoms with Crippen LogP contribution in [-0.4, -0.2) is 11.3 Å².